The Hall–Kier alpha value is -0.330. The largest absolute Gasteiger partial charge is 0.299 e. The molecule has 12 atom stereocenters. The third-order valence-electron chi connectivity index (χ3n) is 11.9. The van der Waals surface area contributed by atoms with Gasteiger partial charge in [0.05, 0.1) is 0 Å². The Morgan fingerprint density at radius 3 is 2.04 bits per heavy atom. The molecule has 7 fully saturated rings. The summed E-state index contributed by atoms with van der Waals surface area (Å²) in [4.78, 5) is 13.2. The van der Waals surface area contributed by atoms with Crippen LogP contribution in [-0.4, -0.2) is 5.78 Å². The van der Waals surface area contributed by atoms with Crippen molar-refractivity contribution in [2.75, 3.05) is 0 Å². The van der Waals surface area contributed by atoms with Crippen molar-refractivity contribution >= 4 is 5.78 Å². The summed E-state index contributed by atoms with van der Waals surface area (Å²) in [6, 6.07) is 0. The van der Waals surface area contributed by atoms with Crippen LogP contribution in [0.15, 0.2) is 0 Å². The summed E-state index contributed by atoms with van der Waals surface area (Å²) in [6.45, 7) is 2.75. The van der Waals surface area contributed by atoms with E-state index in [2.05, 4.69) is 6.92 Å². The monoisotopic (exact) mass is 352 g/mol. The molecule has 7 aliphatic rings. The standard InChI is InChI=1S/C25H36O/c1-25-17-9-8-15-6-4-14-3-2-13-5-7-16-12-19(26)18(11-10-17)24(25)22(16)20(13)21(14)23(15)25/h13-18,20-24H,2-12H2,1H3. The van der Waals surface area contributed by atoms with Gasteiger partial charge in [-0.2, -0.15) is 0 Å². The minimum atomic E-state index is 0.471. The first-order chi connectivity index (χ1) is 12.7. The molecule has 0 aromatic heterocycles. The molecule has 7 saturated carbocycles. The van der Waals surface area contributed by atoms with E-state index in [9.17, 15) is 4.79 Å². The number of hydrogen-bond acceptors (Lipinski definition) is 1. The summed E-state index contributed by atoms with van der Waals surface area (Å²) < 4.78 is 0. The molecular formula is C25H36O. The van der Waals surface area contributed by atoms with Crippen LogP contribution < -0.4 is 0 Å². The predicted molar refractivity (Wildman–Crippen MR) is 102 cm³/mol. The van der Waals surface area contributed by atoms with Crippen LogP contribution in [0.4, 0.5) is 0 Å². The minimum absolute atomic E-state index is 0.471. The number of carbonyl (C=O) groups is 1. The van der Waals surface area contributed by atoms with Crippen molar-refractivity contribution < 1.29 is 4.79 Å². The summed E-state index contributed by atoms with van der Waals surface area (Å²) in [7, 11) is 0. The van der Waals surface area contributed by atoms with Gasteiger partial charge in [-0.25, -0.2) is 0 Å². The fourth-order valence-corrected chi connectivity index (χ4v) is 11.5. The highest BCUT2D eigenvalue weighted by Gasteiger charge is 2.71. The minimum Gasteiger partial charge on any atom is -0.299 e. The van der Waals surface area contributed by atoms with E-state index in [0.717, 1.165) is 65.6 Å². The molecule has 0 spiro atoms. The lowest BCUT2D eigenvalue weighted by Gasteiger charge is -2.75. The highest BCUT2D eigenvalue weighted by atomic mass is 16.1. The van der Waals surface area contributed by atoms with E-state index in [1.807, 2.05) is 0 Å². The second-order valence-electron chi connectivity index (χ2n) is 12.1. The Kier molecular flexibility index (Phi) is 2.98. The maximum absolute atomic E-state index is 13.2. The molecule has 0 bridgehead atoms. The predicted octanol–water partition coefficient (Wildman–Crippen LogP) is 5.73. The summed E-state index contributed by atoms with van der Waals surface area (Å²) in [6.07, 6.45) is 15.7. The fraction of sp³-hybridized carbons (Fsp3) is 0.960. The van der Waals surface area contributed by atoms with Crippen LogP contribution in [0, 0.1) is 70.5 Å². The maximum atomic E-state index is 13.2. The van der Waals surface area contributed by atoms with Crippen molar-refractivity contribution in [2.24, 2.45) is 70.5 Å². The number of rotatable bonds is 0. The Labute approximate surface area is 159 Å². The van der Waals surface area contributed by atoms with Crippen molar-refractivity contribution in [1.29, 1.82) is 0 Å². The van der Waals surface area contributed by atoms with Gasteiger partial charge in [-0.1, -0.05) is 6.92 Å². The number of ketones is 1. The van der Waals surface area contributed by atoms with Crippen LogP contribution in [0.25, 0.3) is 0 Å². The van der Waals surface area contributed by atoms with Crippen molar-refractivity contribution in [2.45, 2.75) is 77.6 Å². The summed E-state index contributed by atoms with van der Waals surface area (Å²) in [5.41, 5.74) is 0.532. The molecule has 26 heavy (non-hydrogen) atoms. The van der Waals surface area contributed by atoms with E-state index in [4.69, 9.17) is 0 Å². The zero-order valence-electron chi connectivity index (χ0n) is 16.5. The molecule has 0 radical (unpaired) electrons. The van der Waals surface area contributed by atoms with Gasteiger partial charge in [-0.3, -0.25) is 4.79 Å². The third-order valence-corrected chi connectivity index (χ3v) is 11.9. The first-order valence-corrected chi connectivity index (χ1v) is 12.2. The summed E-state index contributed by atoms with van der Waals surface area (Å²) >= 11 is 0. The van der Waals surface area contributed by atoms with Gasteiger partial charge in [0.2, 0.25) is 0 Å². The molecule has 12 unspecified atom stereocenters. The topological polar surface area (TPSA) is 17.1 Å². The Balaban J connectivity index is 1.46. The number of carbonyl (C=O) groups excluding carboxylic acids is 1. The van der Waals surface area contributed by atoms with Crippen molar-refractivity contribution in [3.8, 4) is 0 Å². The van der Waals surface area contributed by atoms with E-state index in [1.165, 1.54) is 51.4 Å². The van der Waals surface area contributed by atoms with Gasteiger partial charge in [-0.05, 0) is 129 Å². The second kappa shape index (κ2) is 4.98. The van der Waals surface area contributed by atoms with Gasteiger partial charge in [-0.15, -0.1) is 0 Å². The van der Waals surface area contributed by atoms with Crippen LogP contribution >= 0.6 is 0 Å². The average Bonchev–Trinajstić information content (AvgIpc) is 2.65. The molecule has 0 aromatic carbocycles. The smallest absolute Gasteiger partial charge is 0.136 e. The van der Waals surface area contributed by atoms with E-state index < -0.39 is 0 Å². The van der Waals surface area contributed by atoms with Crippen LogP contribution in [0.3, 0.4) is 0 Å². The van der Waals surface area contributed by atoms with Crippen LogP contribution in [0.1, 0.15) is 77.6 Å². The lowest BCUT2D eigenvalue weighted by molar-refractivity contribution is -0.264. The van der Waals surface area contributed by atoms with Crippen LogP contribution in [0.5, 0.6) is 0 Å². The fourth-order valence-electron chi connectivity index (χ4n) is 11.5. The molecule has 0 heterocycles. The molecule has 1 nitrogen and oxygen atoms in total. The maximum Gasteiger partial charge on any atom is 0.136 e. The number of hydrogen-bond donors (Lipinski definition) is 0. The molecule has 0 amide bonds. The molecule has 0 aromatic rings. The van der Waals surface area contributed by atoms with Crippen molar-refractivity contribution in [3.63, 3.8) is 0 Å². The van der Waals surface area contributed by atoms with Gasteiger partial charge < -0.3 is 0 Å². The lowest BCUT2D eigenvalue weighted by atomic mass is 9.29. The van der Waals surface area contributed by atoms with Gasteiger partial charge in [0.25, 0.3) is 0 Å². The molecule has 0 aliphatic heterocycles. The van der Waals surface area contributed by atoms with E-state index in [0.29, 0.717) is 17.1 Å². The highest BCUT2D eigenvalue weighted by molar-refractivity contribution is 5.83. The molecular weight excluding hydrogens is 316 g/mol. The Morgan fingerprint density at radius 1 is 0.654 bits per heavy atom. The van der Waals surface area contributed by atoms with Crippen LogP contribution in [-0.2, 0) is 4.79 Å². The lowest BCUT2D eigenvalue weighted by Crippen LogP contribution is -2.70. The molecule has 7 rings (SSSR count). The van der Waals surface area contributed by atoms with Crippen LogP contribution in [0.2, 0.25) is 0 Å². The average molecular weight is 353 g/mol. The van der Waals surface area contributed by atoms with Gasteiger partial charge in [0, 0.05) is 12.3 Å². The SMILES string of the molecule is CC12C3CCC4CCC5CCC6CCC7CC(=O)C(CC3)C1C7C6C5C42. The zero-order chi connectivity index (χ0) is 17.2. The summed E-state index contributed by atoms with van der Waals surface area (Å²) in [5.74, 6) is 10.9. The van der Waals surface area contributed by atoms with E-state index in [-0.39, 0.29) is 0 Å². The van der Waals surface area contributed by atoms with Gasteiger partial charge in [0.1, 0.15) is 5.78 Å². The highest BCUT2D eigenvalue weighted by Crippen LogP contribution is 2.76. The number of Topliss-reactive ketones (excluding diaryl/α,β-unsaturated/α-hetero) is 1. The molecule has 0 N–H and O–H groups in total. The first kappa shape index (κ1) is 15.6. The second-order valence-corrected chi connectivity index (χ2v) is 12.1. The quantitative estimate of drug-likeness (QED) is 0.544. The summed E-state index contributed by atoms with van der Waals surface area (Å²) in [5, 5.41) is 0. The van der Waals surface area contributed by atoms with Crippen molar-refractivity contribution in [1.82, 2.24) is 0 Å². The Bertz CT molecular complexity index is 649. The van der Waals surface area contributed by atoms with E-state index >= 15 is 0 Å². The van der Waals surface area contributed by atoms with Gasteiger partial charge in [0.15, 0.2) is 0 Å². The van der Waals surface area contributed by atoms with Crippen molar-refractivity contribution in [3.05, 3.63) is 0 Å². The Morgan fingerprint density at radius 2 is 1.23 bits per heavy atom. The zero-order valence-corrected chi connectivity index (χ0v) is 16.5. The first-order valence-electron chi connectivity index (χ1n) is 12.2. The molecule has 7 aliphatic carbocycles. The van der Waals surface area contributed by atoms with Gasteiger partial charge >= 0.3 is 0 Å². The normalized spacial score (nSPS) is 64.8. The molecule has 142 valence electrons. The third kappa shape index (κ3) is 1.62. The molecule has 0 saturated heterocycles. The van der Waals surface area contributed by atoms with E-state index in [1.54, 1.807) is 12.8 Å². The molecule has 1 heteroatoms.